The monoisotopic (exact) mass is 428 g/mol. The van der Waals surface area contributed by atoms with Crippen LogP contribution in [0.5, 0.6) is 0 Å². The summed E-state index contributed by atoms with van der Waals surface area (Å²) in [6, 6.07) is 8.08. The summed E-state index contributed by atoms with van der Waals surface area (Å²) in [7, 11) is 0. The van der Waals surface area contributed by atoms with Gasteiger partial charge in [0.15, 0.2) is 0 Å². The lowest BCUT2D eigenvalue weighted by Crippen LogP contribution is -2.38. The van der Waals surface area contributed by atoms with Gasteiger partial charge < -0.3 is 20.9 Å². The van der Waals surface area contributed by atoms with Crippen molar-refractivity contribution in [1.82, 2.24) is 15.6 Å². The van der Waals surface area contributed by atoms with Gasteiger partial charge >= 0.3 is 6.03 Å². The van der Waals surface area contributed by atoms with E-state index in [0.29, 0.717) is 17.1 Å². The number of H-pyrrole nitrogens is 1. The Labute approximate surface area is 179 Å². The maximum atomic E-state index is 12.7. The second-order valence-electron chi connectivity index (χ2n) is 7.92. The predicted molar refractivity (Wildman–Crippen MR) is 116 cm³/mol. The van der Waals surface area contributed by atoms with Gasteiger partial charge in [-0.3, -0.25) is 9.59 Å². The van der Waals surface area contributed by atoms with Gasteiger partial charge in [0, 0.05) is 11.7 Å². The molecule has 0 spiro atoms. The van der Waals surface area contributed by atoms with Crippen LogP contribution >= 0.6 is 11.6 Å². The Balaban J connectivity index is 1.52. The lowest BCUT2D eigenvalue weighted by Gasteiger charge is -2.26. The summed E-state index contributed by atoms with van der Waals surface area (Å²) < 4.78 is 0. The van der Waals surface area contributed by atoms with Gasteiger partial charge in [0.25, 0.3) is 11.5 Å². The number of carbonyl (C=O) groups is 2. The van der Waals surface area contributed by atoms with Crippen LogP contribution in [0.4, 0.5) is 10.5 Å². The molecule has 1 aromatic heterocycles. The highest BCUT2D eigenvalue weighted by Crippen LogP contribution is 2.29. The predicted octanol–water partition coefficient (Wildman–Crippen LogP) is 3.90. The van der Waals surface area contributed by atoms with Crippen LogP contribution in [0.2, 0.25) is 5.02 Å². The van der Waals surface area contributed by atoms with Gasteiger partial charge in [0.05, 0.1) is 16.8 Å². The van der Waals surface area contributed by atoms with Gasteiger partial charge in [-0.15, -0.1) is 0 Å². The molecule has 1 heterocycles. The van der Waals surface area contributed by atoms with E-state index in [1.807, 2.05) is 0 Å². The molecule has 2 aromatic rings. The number of aromatic nitrogens is 1. The number of pyridine rings is 1. The highest BCUT2D eigenvalue weighted by Gasteiger charge is 2.26. The molecule has 0 aliphatic heterocycles. The van der Waals surface area contributed by atoms with Crippen molar-refractivity contribution in [2.75, 3.05) is 5.32 Å². The molecule has 1 unspecified atom stereocenters. The van der Waals surface area contributed by atoms with E-state index in [0.717, 1.165) is 49.8 Å². The fourth-order valence-electron chi connectivity index (χ4n) is 4.27. The van der Waals surface area contributed by atoms with Gasteiger partial charge in [-0.1, -0.05) is 36.6 Å². The second kappa shape index (κ2) is 8.92. The van der Waals surface area contributed by atoms with Crippen molar-refractivity contribution < 1.29 is 9.59 Å². The van der Waals surface area contributed by atoms with E-state index in [2.05, 4.69) is 20.9 Å². The molecule has 1 aromatic carbocycles. The minimum absolute atomic E-state index is 0.0980. The molecule has 0 radical (unpaired) electrons. The topological polar surface area (TPSA) is 103 Å². The number of rotatable bonds is 4. The van der Waals surface area contributed by atoms with E-state index >= 15 is 0 Å². The highest BCUT2D eigenvalue weighted by atomic mass is 35.5. The normalized spacial score (nSPS) is 18.5. The van der Waals surface area contributed by atoms with Crippen LogP contribution < -0.4 is 21.5 Å². The molecule has 30 heavy (non-hydrogen) atoms. The van der Waals surface area contributed by atoms with E-state index in [4.69, 9.17) is 11.6 Å². The molecule has 8 heteroatoms. The molecule has 2 aliphatic rings. The lowest BCUT2D eigenvalue weighted by molar-refractivity contribution is 0.0936. The largest absolute Gasteiger partial charge is 0.349 e. The SMILES string of the molecule is O=C(Nc1ccccc1Cl)NC1CCCc2[nH]c(=O)c(C(=O)NC3CCCC3)cc21. The van der Waals surface area contributed by atoms with E-state index in [1.165, 1.54) is 0 Å². The Morgan fingerprint density at radius 1 is 1.03 bits per heavy atom. The molecule has 7 nitrogen and oxygen atoms in total. The highest BCUT2D eigenvalue weighted by molar-refractivity contribution is 6.33. The van der Waals surface area contributed by atoms with Crippen molar-refractivity contribution in [3.05, 3.63) is 62.5 Å². The smallest absolute Gasteiger partial charge is 0.319 e. The van der Waals surface area contributed by atoms with Gasteiger partial charge in [-0.05, 0) is 55.9 Å². The van der Waals surface area contributed by atoms with Gasteiger partial charge in [-0.2, -0.15) is 0 Å². The first-order chi connectivity index (χ1) is 14.5. The molecule has 3 amide bonds. The van der Waals surface area contributed by atoms with Crippen molar-refractivity contribution in [1.29, 1.82) is 0 Å². The molecular formula is C22H25ClN4O3. The van der Waals surface area contributed by atoms with Crippen LogP contribution in [0.1, 0.15) is 66.2 Å². The number of hydrogen-bond donors (Lipinski definition) is 4. The summed E-state index contributed by atoms with van der Waals surface area (Å²) >= 11 is 6.11. The van der Waals surface area contributed by atoms with Crippen molar-refractivity contribution >= 4 is 29.2 Å². The third-order valence-corrected chi connectivity index (χ3v) is 6.14. The molecule has 158 valence electrons. The van der Waals surface area contributed by atoms with Crippen LogP contribution in [0.25, 0.3) is 0 Å². The fourth-order valence-corrected chi connectivity index (χ4v) is 4.46. The Morgan fingerprint density at radius 3 is 2.57 bits per heavy atom. The second-order valence-corrected chi connectivity index (χ2v) is 8.33. The number of fused-ring (bicyclic) bond motifs is 1. The Bertz CT molecular complexity index is 1010. The zero-order chi connectivity index (χ0) is 21.1. The number of carbonyl (C=O) groups excluding carboxylic acids is 2. The van der Waals surface area contributed by atoms with Gasteiger partial charge in [-0.25, -0.2) is 4.79 Å². The van der Waals surface area contributed by atoms with E-state index in [1.54, 1.807) is 30.3 Å². The molecule has 1 saturated carbocycles. The van der Waals surface area contributed by atoms with Crippen molar-refractivity contribution in [2.24, 2.45) is 0 Å². The van der Waals surface area contributed by atoms with Crippen molar-refractivity contribution in [2.45, 2.75) is 57.0 Å². The van der Waals surface area contributed by atoms with Crippen LogP contribution in [0.3, 0.4) is 0 Å². The number of urea groups is 1. The lowest BCUT2D eigenvalue weighted by atomic mass is 9.90. The van der Waals surface area contributed by atoms with Crippen molar-refractivity contribution in [3.8, 4) is 0 Å². The van der Waals surface area contributed by atoms with Gasteiger partial charge in [0.1, 0.15) is 5.56 Å². The molecule has 4 rings (SSSR count). The first-order valence-corrected chi connectivity index (χ1v) is 10.8. The maximum Gasteiger partial charge on any atom is 0.319 e. The van der Waals surface area contributed by atoms with Crippen molar-refractivity contribution in [3.63, 3.8) is 0 Å². The Morgan fingerprint density at radius 2 is 1.80 bits per heavy atom. The maximum absolute atomic E-state index is 12.7. The summed E-state index contributed by atoms with van der Waals surface area (Å²) in [6.45, 7) is 0. The number of benzene rings is 1. The fraction of sp³-hybridized carbons (Fsp3) is 0.409. The third kappa shape index (κ3) is 4.51. The zero-order valence-corrected chi connectivity index (χ0v) is 17.3. The molecule has 0 bridgehead atoms. The minimum atomic E-state index is -0.385. The number of hydrogen-bond acceptors (Lipinski definition) is 3. The first kappa shape index (κ1) is 20.5. The van der Waals surface area contributed by atoms with Crippen LogP contribution in [0, 0.1) is 0 Å². The number of amides is 3. The average molecular weight is 429 g/mol. The van der Waals surface area contributed by atoms with Crippen LogP contribution in [-0.2, 0) is 6.42 Å². The summed E-state index contributed by atoms with van der Waals surface area (Å²) in [4.78, 5) is 40.5. The number of para-hydroxylation sites is 1. The number of aromatic amines is 1. The number of nitrogens with one attached hydrogen (secondary N) is 4. The summed E-state index contributed by atoms with van der Waals surface area (Å²) in [5, 5.41) is 9.11. The summed E-state index contributed by atoms with van der Waals surface area (Å²) in [5.74, 6) is -0.351. The molecular weight excluding hydrogens is 404 g/mol. The van der Waals surface area contributed by atoms with Crippen LogP contribution in [-0.4, -0.2) is 23.0 Å². The standard InChI is InChI=1S/C22H25ClN4O3/c23-16-8-3-4-9-19(16)27-22(30)26-18-11-5-10-17-14(18)12-15(21(29)25-17)20(28)24-13-6-1-2-7-13/h3-4,8-9,12-13,18H,1-2,5-7,10-11H2,(H,24,28)(H,25,29)(H2,26,27,30). The molecule has 0 saturated heterocycles. The molecule has 1 atom stereocenters. The minimum Gasteiger partial charge on any atom is -0.349 e. The molecule has 1 fully saturated rings. The quantitative estimate of drug-likeness (QED) is 0.593. The third-order valence-electron chi connectivity index (χ3n) is 5.81. The molecule has 4 N–H and O–H groups in total. The zero-order valence-electron chi connectivity index (χ0n) is 16.6. The average Bonchev–Trinajstić information content (AvgIpc) is 3.22. The molecule has 2 aliphatic carbocycles. The van der Waals surface area contributed by atoms with Crippen LogP contribution in [0.15, 0.2) is 35.1 Å². The number of aryl methyl sites for hydroxylation is 1. The Hall–Kier alpha value is -2.80. The van der Waals surface area contributed by atoms with E-state index < -0.39 is 0 Å². The van der Waals surface area contributed by atoms with Gasteiger partial charge in [0.2, 0.25) is 0 Å². The number of halogens is 1. The Kier molecular flexibility index (Phi) is 6.08. The summed E-state index contributed by atoms with van der Waals surface area (Å²) in [5.41, 5.74) is 1.79. The first-order valence-electron chi connectivity index (χ1n) is 10.4. The summed E-state index contributed by atoms with van der Waals surface area (Å²) in [6.07, 6.45) is 6.34. The number of anilines is 1. The van der Waals surface area contributed by atoms with E-state index in [-0.39, 0.29) is 35.1 Å². The van der Waals surface area contributed by atoms with E-state index in [9.17, 15) is 14.4 Å².